The van der Waals surface area contributed by atoms with Gasteiger partial charge in [-0.15, -0.1) is 0 Å². The van der Waals surface area contributed by atoms with Crippen LogP contribution in [0.1, 0.15) is 57.8 Å². The summed E-state index contributed by atoms with van der Waals surface area (Å²) < 4.78 is 5.24. The first-order chi connectivity index (χ1) is 11.5. The Hall–Kier alpha value is -1.53. The zero-order chi connectivity index (χ0) is 19.3. The topological polar surface area (TPSA) is 80.3 Å². The minimum absolute atomic E-state index is 0.141. The molecule has 140 valence electrons. The molecular formula is C17H25Cl2N3O3. The van der Waals surface area contributed by atoms with Crippen molar-refractivity contribution in [2.24, 2.45) is 0 Å². The molecule has 0 fully saturated rings. The van der Waals surface area contributed by atoms with Crippen molar-refractivity contribution in [2.45, 2.75) is 58.6 Å². The standard InChI is InChI=1S/C17H25Cl2N3O3/c1-6-17(7-2,10-21-15(24)25-16(3,4)5)22-14(23)11-8-12(18)13(19)20-9-11/h8-9H,6-7,10H2,1-5H3,(H,21,24)(H,22,23). The van der Waals surface area contributed by atoms with Crippen LogP contribution in [0.5, 0.6) is 0 Å². The van der Waals surface area contributed by atoms with Crippen LogP contribution in [0.3, 0.4) is 0 Å². The van der Waals surface area contributed by atoms with Gasteiger partial charge in [0.2, 0.25) is 0 Å². The third kappa shape index (κ3) is 6.71. The summed E-state index contributed by atoms with van der Waals surface area (Å²) in [5, 5.41) is 6.03. The van der Waals surface area contributed by atoms with E-state index in [-0.39, 0.29) is 22.6 Å². The number of nitrogens with zero attached hydrogens (tertiary/aromatic N) is 1. The SMILES string of the molecule is CCC(CC)(CNC(=O)OC(C)(C)C)NC(=O)c1cnc(Cl)c(Cl)c1. The monoisotopic (exact) mass is 389 g/mol. The maximum Gasteiger partial charge on any atom is 0.407 e. The molecule has 0 atom stereocenters. The maximum atomic E-state index is 12.5. The van der Waals surface area contributed by atoms with Gasteiger partial charge in [0, 0.05) is 12.7 Å². The van der Waals surface area contributed by atoms with Crippen LogP contribution < -0.4 is 10.6 Å². The Bertz CT molecular complexity index is 626. The van der Waals surface area contributed by atoms with Gasteiger partial charge in [-0.2, -0.15) is 0 Å². The fourth-order valence-electron chi connectivity index (χ4n) is 2.13. The van der Waals surface area contributed by atoms with Crippen LogP contribution in [-0.2, 0) is 4.74 Å². The van der Waals surface area contributed by atoms with E-state index in [1.165, 1.54) is 12.3 Å². The lowest BCUT2D eigenvalue weighted by atomic mass is 9.92. The molecule has 0 radical (unpaired) electrons. The average Bonchev–Trinajstić information content (AvgIpc) is 2.52. The summed E-state index contributed by atoms with van der Waals surface area (Å²) >= 11 is 11.7. The maximum absolute atomic E-state index is 12.5. The normalized spacial score (nSPS) is 11.8. The highest BCUT2D eigenvalue weighted by Crippen LogP contribution is 2.21. The van der Waals surface area contributed by atoms with Gasteiger partial charge in [-0.25, -0.2) is 9.78 Å². The van der Waals surface area contributed by atoms with Crippen LogP contribution in [0.15, 0.2) is 12.3 Å². The lowest BCUT2D eigenvalue weighted by molar-refractivity contribution is 0.0502. The second-order valence-corrected chi connectivity index (χ2v) is 7.56. The Morgan fingerprint density at radius 1 is 1.20 bits per heavy atom. The Kier molecular flexibility index (Phi) is 7.50. The number of hydrogen-bond donors (Lipinski definition) is 2. The molecule has 0 spiro atoms. The van der Waals surface area contributed by atoms with Gasteiger partial charge in [0.15, 0.2) is 0 Å². The van der Waals surface area contributed by atoms with Gasteiger partial charge < -0.3 is 15.4 Å². The second kappa shape index (κ2) is 8.72. The zero-order valence-corrected chi connectivity index (χ0v) is 16.7. The van der Waals surface area contributed by atoms with E-state index in [0.717, 1.165) is 0 Å². The van der Waals surface area contributed by atoms with Gasteiger partial charge in [-0.1, -0.05) is 37.0 Å². The lowest BCUT2D eigenvalue weighted by Crippen LogP contribution is -2.55. The molecule has 0 aliphatic rings. The summed E-state index contributed by atoms with van der Waals surface area (Å²) in [6, 6.07) is 1.46. The van der Waals surface area contributed by atoms with Gasteiger partial charge in [0.25, 0.3) is 5.91 Å². The summed E-state index contributed by atoms with van der Waals surface area (Å²) in [7, 11) is 0. The average molecular weight is 390 g/mol. The van der Waals surface area contributed by atoms with Crippen molar-refractivity contribution in [3.05, 3.63) is 28.0 Å². The summed E-state index contributed by atoms with van der Waals surface area (Å²) in [4.78, 5) is 28.3. The molecule has 1 aromatic heterocycles. The van der Waals surface area contributed by atoms with E-state index >= 15 is 0 Å². The van der Waals surface area contributed by atoms with E-state index in [4.69, 9.17) is 27.9 Å². The molecule has 0 bridgehead atoms. The molecule has 0 aliphatic heterocycles. The molecule has 1 heterocycles. The van der Waals surface area contributed by atoms with Gasteiger partial charge in [-0.3, -0.25) is 4.79 Å². The second-order valence-electron chi connectivity index (χ2n) is 6.79. The first-order valence-electron chi connectivity index (χ1n) is 8.12. The Balaban J connectivity index is 2.81. The molecule has 0 unspecified atom stereocenters. The number of hydrogen-bond acceptors (Lipinski definition) is 4. The number of aromatic nitrogens is 1. The highest BCUT2D eigenvalue weighted by atomic mass is 35.5. The third-order valence-corrected chi connectivity index (χ3v) is 4.45. The van der Waals surface area contributed by atoms with Gasteiger partial charge >= 0.3 is 6.09 Å². The Labute approximate surface area is 158 Å². The number of pyridine rings is 1. The summed E-state index contributed by atoms with van der Waals surface area (Å²) in [5.74, 6) is -0.333. The van der Waals surface area contributed by atoms with Crippen LogP contribution in [0.25, 0.3) is 0 Å². The first kappa shape index (κ1) is 21.5. The number of rotatable bonds is 6. The summed E-state index contributed by atoms with van der Waals surface area (Å²) in [6.45, 7) is 9.49. The van der Waals surface area contributed by atoms with E-state index in [9.17, 15) is 9.59 Å². The first-order valence-corrected chi connectivity index (χ1v) is 8.88. The van der Waals surface area contributed by atoms with E-state index in [2.05, 4.69) is 15.6 Å². The Morgan fingerprint density at radius 3 is 2.28 bits per heavy atom. The minimum Gasteiger partial charge on any atom is -0.444 e. The number of halogens is 2. The van der Waals surface area contributed by atoms with Gasteiger partial charge in [-0.05, 0) is 39.7 Å². The van der Waals surface area contributed by atoms with Crippen LogP contribution in [-0.4, -0.2) is 34.7 Å². The largest absolute Gasteiger partial charge is 0.444 e. The number of carbonyl (C=O) groups is 2. The number of amides is 2. The van der Waals surface area contributed by atoms with E-state index in [1.807, 2.05) is 13.8 Å². The van der Waals surface area contributed by atoms with Crippen molar-refractivity contribution in [1.29, 1.82) is 0 Å². The molecule has 0 aromatic carbocycles. The molecule has 8 heteroatoms. The van der Waals surface area contributed by atoms with Crippen LogP contribution in [0, 0.1) is 0 Å². The molecule has 0 saturated heterocycles. The molecule has 1 rings (SSSR count). The number of nitrogens with one attached hydrogen (secondary N) is 2. The van der Waals surface area contributed by atoms with E-state index in [0.29, 0.717) is 18.4 Å². The van der Waals surface area contributed by atoms with Crippen LogP contribution in [0.2, 0.25) is 10.2 Å². The molecule has 2 N–H and O–H groups in total. The molecule has 25 heavy (non-hydrogen) atoms. The summed E-state index contributed by atoms with van der Waals surface area (Å²) in [5.41, 5.74) is -0.891. The van der Waals surface area contributed by atoms with Crippen LogP contribution in [0.4, 0.5) is 4.79 Å². The fourth-order valence-corrected chi connectivity index (χ4v) is 2.40. The van der Waals surface area contributed by atoms with Gasteiger partial charge in [0.05, 0.1) is 16.1 Å². The Morgan fingerprint density at radius 2 is 1.80 bits per heavy atom. The predicted molar refractivity (Wildman–Crippen MR) is 99.3 cm³/mol. The lowest BCUT2D eigenvalue weighted by Gasteiger charge is -2.33. The quantitative estimate of drug-likeness (QED) is 0.714. The van der Waals surface area contributed by atoms with E-state index < -0.39 is 17.2 Å². The number of ether oxygens (including phenoxy) is 1. The minimum atomic E-state index is -0.611. The zero-order valence-electron chi connectivity index (χ0n) is 15.2. The highest BCUT2D eigenvalue weighted by molar-refractivity contribution is 6.41. The summed E-state index contributed by atoms with van der Waals surface area (Å²) in [6.07, 6.45) is 2.09. The van der Waals surface area contributed by atoms with Crippen molar-refractivity contribution in [3.63, 3.8) is 0 Å². The van der Waals surface area contributed by atoms with Gasteiger partial charge in [0.1, 0.15) is 10.8 Å². The molecular weight excluding hydrogens is 365 g/mol. The van der Waals surface area contributed by atoms with E-state index in [1.54, 1.807) is 20.8 Å². The molecule has 6 nitrogen and oxygen atoms in total. The van der Waals surface area contributed by atoms with Crippen molar-refractivity contribution in [1.82, 2.24) is 15.6 Å². The number of alkyl carbamates (subject to hydrolysis) is 1. The van der Waals surface area contributed by atoms with Crippen molar-refractivity contribution < 1.29 is 14.3 Å². The predicted octanol–water partition coefficient (Wildman–Crippen LogP) is 4.20. The third-order valence-electron chi connectivity index (χ3n) is 3.76. The number of carbonyl (C=O) groups excluding carboxylic acids is 2. The molecule has 0 saturated carbocycles. The van der Waals surface area contributed by atoms with Crippen molar-refractivity contribution >= 4 is 35.2 Å². The highest BCUT2D eigenvalue weighted by Gasteiger charge is 2.30. The fraction of sp³-hybridized carbons (Fsp3) is 0.588. The smallest absolute Gasteiger partial charge is 0.407 e. The van der Waals surface area contributed by atoms with Crippen LogP contribution >= 0.6 is 23.2 Å². The molecule has 0 aliphatic carbocycles. The van der Waals surface area contributed by atoms with Crippen molar-refractivity contribution in [3.8, 4) is 0 Å². The van der Waals surface area contributed by atoms with Crippen molar-refractivity contribution in [2.75, 3.05) is 6.54 Å². The molecule has 2 amide bonds. The molecule has 1 aromatic rings.